The molecular weight excluding hydrogens is 156 g/mol. The monoisotopic (exact) mass is 176 g/mol. The van der Waals surface area contributed by atoms with Crippen molar-refractivity contribution >= 4 is 0 Å². The number of allylic oxidation sites excluding steroid dienone is 2. The minimum absolute atomic E-state index is 0.974. The molecule has 6 unspecified atom stereocenters. The number of hydrogen-bond donors (Lipinski definition) is 0. The molecule has 3 aliphatic rings. The van der Waals surface area contributed by atoms with Crippen LogP contribution < -0.4 is 0 Å². The van der Waals surface area contributed by atoms with Gasteiger partial charge in [0.05, 0.1) is 0 Å². The molecule has 0 amide bonds. The summed E-state index contributed by atoms with van der Waals surface area (Å²) in [7, 11) is 0. The van der Waals surface area contributed by atoms with Gasteiger partial charge in [-0.05, 0) is 48.3 Å². The molecule has 72 valence electrons. The van der Waals surface area contributed by atoms with Crippen LogP contribution in [-0.4, -0.2) is 0 Å². The molecular formula is C13H20. The van der Waals surface area contributed by atoms with Gasteiger partial charge in [0.2, 0.25) is 0 Å². The quantitative estimate of drug-likeness (QED) is 0.536. The largest absolute Gasteiger partial charge is 0.0848 e. The standard InChI is InChI=1S/C13H20/c1-3-9-7-12-10-4-5-11(6-10)13(12)8(9)2/h4-5,8-13H,3,6-7H2,1-2H3. The van der Waals surface area contributed by atoms with Crippen LogP contribution in [0.5, 0.6) is 0 Å². The smallest absolute Gasteiger partial charge is 0.0194 e. The summed E-state index contributed by atoms with van der Waals surface area (Å²) in [6.07, 6.45) is 9.47. The second-order valence-corrected chi connectivity index (χ2v) is 5.45. The highest BCUT2D eigenvalue weighted by molar-refractivity contribution is 5.16. The van der Waals surface area contributed by atoms with E-state index in [9.17, 15) is 0 Å². The Labute approximate surface area is 81.4 Å². The van der Waals surface area contributed by atoms with Crippen molar-refractivity contribution in [1.82, 2.24) is 0 Å². The molecule has 13 heavy (non-hydrogen) atoms. The molecule has 0 saturated heterocycles. The number of fused-ring (bicyclic) bond motifs is 5. The topological polar surface area (TPSA) is 0 Å². The zero-order valence-electron chi connectivity index (χ0n) is 8.74. The summed E-state index contributed by atoms with van der Waals surface area (Å²) in [4.78, 5) is 0. The lowest BCUT2D eigenvalue weighted by Crippen LogP contribution is -2.18. The Balaban J connectivity index is 1.88. The molecule has 0 aromatic heterocycles. The summed E-state index contributed by atoms with van der Waals surface area (Å²) >= 11 is 0. The molecule has 2 fully saturated rings. The van der Waals surface area contributed by atoms with E-state index in [0.717, 1.165) is 35.5 Å². The van der Waals surface area contributed by atoms with Crippen molar-refractivity contribution in [2.24, 2.45) is 35.5 Å². The maximum atomic E-state index is 2.51. The highest BCUT2D eigenvalue weighted by atomic mass is 14.6. The molecule has 0 aromatic rings. The Morgan fingerprint density at radius 3 is 2.62 bits per heavy atom. The van der Waals surface area contributed by atoms with Crippen molar-refractivity contribution in [2.45, 2.75) is 33.1 Å². The molecule has 3 rings (SSSR count). The average molecular weight is 176 g/mol. The SMILES string of the molecule is CCC1CC2C3C=CC(C3)C2C1C. The van der Waals surface area contributed by atoms with Gasteiger partial charge in [-0.2, -0.15) is 0 Å². The summed E-state index contributed by atoms with van der Waals surface area (Å²) in [5.74, 6) is 6.15. The van der Waals surface area contributed by atoms with Crippen LogP contribution in [0.25, 0.3) is 0 Å². The maximum absolute atomic E-state index is 2.51. The van der Waals surface area contributed by atoms with E-state index in [1.165, 1.54) is 19.3 Å². The molecule has 0 spiro atoms. The van der Waals surface area contributed by atoms with Crippen molar-refractivity contribution in [2.75, 3.05) is 0 Å². The van der Waals surface area contributed by atoms with E-state index in [1.807, 2.05) is 0 Å². The molecule has 2 saturated carbocycles. The van der Waals surface area contributed by atoms with E-state index < -0.39 is 0 Å². The third-order valence-electron chi connectivity index (χ3n) is 5.14. The summed E-state index contributed by atoms with van der Waals surface area (Å²) < 4.78 is 0. The molecule has 0 heteroatoms. The van der Waals surface area contributed by atoms with Gasteiger partial charge in [-0.3, -0.25) is 0 Å². The van der Waals surface area contributed by atoms with Crippen LogP contribution >= 0.6 is 0 Å². The number of hydrogen-bond acceptors (Lipinski definition) is 0. The second-order valence-electron chi connectivity index (χ2n) is 5.45. The zero-order valence-corrected chi connectivity index (χ0v) is 8.74. The molecule has 0 radical (unpaired) electrons. The Bertz CT molecular complexity index is 240. The van der Waals surface area contributed by atoms with Gasteiger partial charge in [0.1, 0.15) is 0 Å². The van der Waals surface area contributed by atoms with Crippen LogP contribution in [0.1, 0.15) is 33.1 Å². The lowest BCUT2D eigenvalue weighted by atomic mass is 9.81. The maximum Gasteiger partial charge on any atom is -0.0194 e. The van der Waals surface area contributed by atoms with Gasteiger partial charge in [0.25, 0.3) is 0 Å². The molecule has 6 atom stereocenters. The molecule has 3 aliphatic carbocycles. The molecule has 0 nitrogen and oxygen atoms in total. The first-order valence-electron chi connectivity index (χ1n) is 5.99. The van der Waals surface area contributed by atoms with Crippen LogP contribution in [-0.2, 0) is 0 Å². The van der Waals surface area contributed by atoms with Gasteiger partial charge in [-0.25, -0.2) is 0 Å². The first kappa shape index (κ1) is 8.08. The lowest BCUT2D eigenvalue weighted by molar-refractivity contribution is 0.277. The van der Waals surface area contributed by atoms with Crippen LogP contribution in [0.2, 0.25) is 0 Å². The van der Waals surface area contributed by atoms with E-state index in [2.05, 4.69) is 26.0 Å². The van der Waals surface area contributed by atoms with E-state index in [0.29, 0.717) is 0 Å². The van der Waals surface area contributed by atoms with Gasteiger partial charge in [-0.1, -0.05) is 32.4 Å². The Morgan fingerprint density at radius 2 is 1.92 bits per heavy atom. The first-order valence-corrected chi connectivity index (χ1v) is 5.99. The molecule has 0 aliphatic heterocycles. The minimum atomic E-state index is 0.974. The minimum Gasteiger partial charge on any atom is -0.0848 e. The Hall–Kier alpha value is -0.260. The van der Waals surface area contributed by atoms with Gasteiger partial charge >= 0.3 is 0 Å². The van der Waals surface area contributed by atoms with E-state index >= 15 is 0 Å². The van der Waals surface area contributed by atoms with E-state index in [-0.39, 0.29) is 0 Å². The van der Waals surface area contributed by atoms with Gasteiger partial charge in [0.15, 0.2) is 0 Å². The summed E-state index contributed by atoms with van der Waals surface area (Å²) in [6, 6.07) is 0. The number of rotatable bonds is 1. The fourth-order valence-corrected chi connectivity index (χ4v) is 4.49. The van der Waals surface area contributed by atoms with Crippen molar-refractivity contribution in [3.05, 3.63) is 12.2 Å². The lowest BCUT2D eigenvalue weighted by Gasteiger charge is -2.24. The third-order valence-corrected chi connectivity index (χ3v) is 5.14. The summed E-state index contributed by atoms with van der Waals surface area (Å²) in [5, 5.41) is 0. The fraction of sp³-hybridized carbons (Fsp3) is 0.846. The van der Waals surface area contributed by atoms with Crippen LogP contribution in [0.4, 0.5) is 0 Å². The van der Waals surface area contributed by atoms with Crippen LogP contribution in [0.3, 0.4) is 0 Å². The second kappa shape index (κ2) is 2.62. The summed E-state index contributed by atoms with van der Waals surface area (Å²) in [6.45, 7) is 4.88. The zero-order chi connectivity index (χ0) is 9.00. The van der Waals surface area contributed by atoms with E-state index in [4.69, 9.17) is 0 Å². The van der Waals surface area contributed by atoms with Crippen molar-refractivity contribution in [3.8, 4) is 0 Å². The van der Waals surface area contributed by atoms with Crippen molar-refractivity contribution in [3.63, 3.8) is 0 Å². The van der Waals surface area contributed by atoms with Crippen molar-refractivity contribution in [1.29, 1.82) is 0 Å². The van der Waals surface area contributed by atoms with Gasteiger partial charge < -0.3 is 0 Å². The Kier molecular flexibility index (Phi) is 1.63. The average Bonchev–Trinajstić information content (AvgIpc) is 2.76. The molecule has 0 heterocycles. The Morgan fingerprint density at radius 1 is 1.15 bits per heavy atom. The third kappa shape index (κ3) is 0.923. The molecule has 2 bridgehead atoms. The highest BCUT2D eigenvalue weighted by Gasteiger charge is 2.52. The predicted octanol–water partition coefficient (Wildman–Crippen LogP) is 3.49. The van der Waals surface area contributed by atoms with Crippen molar-refractivity contribution < 1.29 is 0 Å². The predicted molar refractivity (Wildman–Crippen MR) is 55.3 cm³/mol. The molecule has 0 aromatic carbocycles. The normalized spacial score (nSPS) is 57.4. The highest BCUT2D eigenvalue weighted by Crippen LogP contribution is 2.59. The van der Waals surface area contributed by atoms with E-state index in [1.54, 1.807) is 0 Å². The van der Waals surface area contributed by atoms with Crippen LogP contribution in [0, 0.1) is 35.5 Å². The van der Waals surface area contributed by atoms with Gasteiger partial charge in [-0.15, -0.1) is 0 Å². The van der Waals surface area contributed by atoms with Gasteiger partial charge in [0, 0.05) is 0 Å². The molecule has 0 N–H and O–H groups in total. The summed E-state index contributed by atoms with van der Waals surface area (Å²) in [5.41, 5.74) is 0. The van der Waals surface area contributed by atoms with Crippen LogP contribution in [0.15, 0.2) is 12.2 Å². The fourth-order valence-electron chi connectivity index (χ4n) is 4.49. The first-order chi connectivity index (χ1) is 6.31.